The zero-order valence-electron chi connectivity index (χ0n) is 10.00. The molecule has 0 fully saturated rings. The van der Waals surface area contributed by atoms with E-state index in [0.717, 1.165) is 10.6 Å². The van der Waals surface area contributed by atoms with Crippen molar-refractivity contribution in [2.75, 3.05) is 12.9 Å². The lowest BCUT2D eigenvalue weighted by atomic mass is 10.1. The Morgan fingerprint density at radius 3 is 2.44 bits per heavy atom. The fourth-order valence-electron chi connectivity index (χ4n) is 1.44. The van der Waals surface area contributed by atoms with Gasteiger partial charge >= 0.3 is 0 Å². The Bertz CT molecular complexity index is 511. The highest BCUT2D eigenvalue weighted by atomic mass is 32.2. The van der Waals surface area contributed by atoms with Crippen LogP contribution in [-0.2, 0) is 0 Å². The molecule has 2 aromatic rings. The van der Waals surface area contributed by atoms with E-state index in [4.69, 9.17) is 4.74 Å². The van der Waals surface area contributed by atoms with Crippen molar-refractivity contribution in [3.05, 3.63) is 54.4 Å². The molecule has 0 aliphatic rings. The summed E-state index contributed by atoms with van der Waals surface area (Å²) in [5, 5.41) is 0. The number of methoxy groups -OCH3 is 1. The van der Waals surface area contributed by atoms with Crippen LogP contribution < -0.4 is 4.74 Å². The topological polar surface area (TPSA) is 39.2 Å². The molecule has 3 nitrogen and oxygen atoms in total. The number of nitrogens with zero attached hydrogens (tertiary/aromatic N) is 1. The first-order valence-corrected chi connectivity index (χ1v) is 6.48. The Morgan fingerprint density at radius 1 is 1.17 bits per heavy atom. The molecule has 1 heterocycles. The largest absolute Gasteiger partial charge is 0.497 e. The van der Waals surface area contributed by atoms with Gasteiger partial charge in [-0.2, -0.15) is 0 Å². The molecule has 0 saturated heterocycles. The number of benzene rings is 1. The maximum Gasteiger partial charge on any atom is 0.173 e. The number of carbonyl (C=O) groups is 1. The van der Waals surface area contributed by atoms with Crippen LogP contribution in [0.15, 0.2) is 53.7 Å². The molecule has 0 aliphatic heterocycles. The fraction of sp³-hybridized carbons (Fsp3) is 0.143. The minimum atomic E-state index is 0.111. The van der Waals surface area contributed by atoms with E-state index in [1.165, 1.54) is 11.8 Å². The number of pyridine rings is 1. The second kappa shape index (κ2) is 6.21. The molecule has 0 amide bonds. The average molecular weight is 259 g/mol. The van der Waals surface area contributed by atoms with Crippen LogP contribution in [0.2, 0.25) is 0 Å². The quantitative estimate of drug-likeness (QED) is 0.611. The van der Waals surface area contributed by atoms with E-state index < -0.39 is 0 Å². The number of ketones is 1. The van der Waals surface area contributed by atoms with Crippen LogP contribution in [0.25, 0.3) is 0 Å². The second-order valence-corrected chi connectivity index (χ2v) is 4.67. The molecule has 92 valence electrons. The minimum Gasteiger partial charge on any atom is -0.497 e. The molecule has 1 aromatic heterocycles. The summed E-state index contributed by atoms with van der Waals surface area (Å²) in [6.07, 6.45) is 3.44. The van der Waals surface area contributed by atoms with E-state index in [-0.39, 0.29) is 5.78 Å². The molecule has 0 unspecified atom stereocenters. The molecule has 0 atom stereocenters. The molecule has 1 aromatic carbocycles. The first kappa shape index (κ1) is 12.6. The van der Waals surface area contributed by atoms with Crippen LogP contribution in [0.3, 0.4) is 0 Å². The summed E-state index contributed by atoms with van der Waals surface area (Å²) in [5.74, 6) is 1.30. The molecular formula is C14H13NO2S. The third kappa shape index (κ3) is 3.34. The van der Waals surface area contributed by atoms with Gasteiger partial charge in [0.2, 0.25) is 0 Å². The lowest BCUT2D eigenvalue weighted by Crippen LogP contribution is -2.02. The summed E-state index contributed by atoms with van der Waals surface area (Å²) in [7, 11) is 1.61. The van der Waals surface area contributed by atoms with Gasteiger partial charge in [-0.05, 0) is 36.4 Å². The number of ether oxygens (including phenoxy) is 1. The number of thioether (sulfide) groups is 1. The number of rotatable bonds is 5. The average Bonchev–Trinajstić information content (AvgIpc) is 2.46. The van der Waals surface area contributed by atoms with Crippen molar-refractivity contribution < 1.29 is 9.53 Å². The lowest BCUT2D eigenvalue weighted by molar-refractivity contribution is 0.102. The van der Waals surface area contributed by atoms with Crippen molar-refractivity contribution in [2.24, 2.45) is 0 Å². The summed E-state index contributed by atoms with van der Waals surface area (Å²) in [6, 6.07) is 11.0. The van der Waals surface area contributed by atoms with E-state index in [1.54, 1.807) is 43.8 Å². The highest BCUT2D eigenvalue weighted by Gasteiger charge is 2.06. The summed E-state index contributed by atoms with van der Waals surface area (Å²) >= 11 is 1.51. The van der Waals surface area contributed by atoms with Crippen molar-refractivity contribution in [3.8, 4) is 5.75 Å². The Labute approximate surface area is 110 Å². The standard InChI is InChI=1S/C14H13NO2S/c1-17-12-4-2-11(3-5-12)14(16)10-18-13-6-8-15-9-7-13/h2-9H,10H2,1H3. The lowest BCUT2D eigenvalue weighted by Gasteiger charge is -2.03. The van der Waals surface area contributed by atoms with Crippen LogP contribution in [0.4, 0.5) is 0 Å². The van der Waals surface area contributed by atoms with Gasteiger partial charge in [0, 0.05) is 22.9 Å². The van der Waals surface area contributed by atoms with Gasteiger partial charge in [-0.1, -0.05) is 0 Å². The predicted octanol–water partition coefficient (Wildman–Crippen LogP) is 3.07. The number of carbonyl (C=O) groups excluding carboxylic acids is 1. The van der Waals surface area contributed by atoms with Gasteiger partial charge in [0.15, 0.2) is 5.78 Å². The normalized spacial score (nSPS) is 10.1. The van der Waals surface area contributed by atoms with Crippen LogP contribution in [0, 0.1) is 0 Å². The van der Waals surface area contributed by atoms with Gasteiger partial charge in [-0.15, -0.1) is 11.8 Å². The first-order valence-electron chi connectivity index (χ1n) is 5.49. The highest BCUT2D eigenvalue weighted by Crippen LogP contribution is 2.19. The Kier molecular flexibility index (Phi) is 4.36. The van der Waals surface area contributed by atoms with Crippen molar-refractivity contribution in [1.29, 1.82) is 0 Å². The zero-order chi connectivity index (χ0) is 12.8. The monoisotopic (exact) mass is 259 g/mol. The number of hydrogen-bond donors (Lipinski definition) is 0. The van der Waals surface area contributed by atoms with E-state index >= 15 is 0 Å². The Balaban J connectivity index is 1.95. The summed E-state index contributed by atoms with van der Waals surface area (Å²) in [5.41, 5.74) is 0.706. The Hall–Kier alpha value is -1.81. The number of Topliss-reactive ketones (excluding diaryl/α,β-unsaturated/α-hetero) is 1. The van der Waals surface area contributed by atoms with Crippen molar-refractivity contribution in [3.63, 3.8) is 0 Å². The van der Waals surface area contributed by atoms with Gasteiger partial charge in [-0.25, -0.2) is 0 Å². The maximum absolute atomic E-state index is 11.9. The van der Waals surface area contributed by atoms with E-state index in [1.807, 2.05) is 12.1 Å². The van der Waals surface area contributed by atoms with Crippen LogP contribution in [0.1, 0.15) is 10.4 Å². The molecule has 0 bridgehead atoms. The third-order valence-corrected chi connectivity index (χ3v) is 3.44. The van der Waals surface area contributed by atoms with Crippen LogP contribution >= 0.6 is 11.8 Å². The fourth-order valence-corrected chi connectivity index (χ4v) is 2.22. The molecule has 18 heavy (non-hydrogen) atoms. The zero-order valence-corrected chi connectivity index (χ0v) is 10.8. The SMILES string of the molecule is COc1ccc(C(=O)CSc2ccncc2)cc1. The van der Waals surface area contributed by atoms with E-state index in [2.05, 4.69) is 4.98 Å². The molecule has 0 saturated carbocycles. The Morgan fingerprint density at radius 2 is 1.83 bits per heavy atom. The highest BCUT2D eigenvalue weighted by molar-refractivity contribution is 8.00. The first-order chi connectivity index (χ1) is 8.79. The summed E-state index contributed by atoms with van der Waals surface area (Å²) in [6.45, 7) is 0. The summed E-state index contributed by atoms with van der Waals surface area (Å²) in [4.78, 5) is 16.9. The minimum absolute atomic E-state index is 0.111. The van der Waals surface area contributed by atoms with Crippen molar-refractivity contribution in [1.82, 2.24) is 4.98 Å². The van der Waals surface area contributed by atoms with Gasteiger partial charge in [0.1, 0.15) is 5.75 Å². The predicted molar refractivity (Wildman–Crippen MR) is 72.3 cm³/mol. The summed E-state index contributed by atoms with van der Waals surface area (Å²) < 4.78 is 5.05. The van der Waals surface area contributed by atoms with Crippen molar-refractivity contribution in [2.45, 2.75) is 4.90 Å². The smallest absolute Gasteiger partial charge is 0.173 e. The van der Waals surface area contributed by atoms with Crippen LogP contribution in [-0.4, -0.2) is 23.6 Å². The maximum atomic E-state index is 11.9. The molecule has 0 aliphatic carbocycles. The molecule has 0 N–H and O–H groups in total. The molecule has 0 spiro atoms. The van der Waals surface area contributed by atoms with Gasteiger partial charge in [0.25, 0.3) is 0 Å². The molecule has 4 heteroatoms. The molecule has 2 rings (SSSR count). The van der Waals surface area contributed by atoms with Gasteiger partial charge in [0.05, 0.1) is 12.9 Å². The number of aromatic nitrogens is 1. The van der Waals surface area contributed by atoms with E-state index in [0.29, 0.717) is 11.3 Å². The molecule has 0 radical (unpaired) electrons. The van der Waals surface area contributed by atoms with Gasteiger partial charge < -0.3 is 4.74 Å². The van der Waals surface area contributed by atoms with Crippen molar-refractivity contribution >= 4 is 17.5 Å². The van der Waals surface area contributed by atoms with Crippen LogP contribution in [0.5, 0.6) is 5.75 Å². The number of hydrogen-bond acceptors (Lipinski definition) is 4. The molecular weight excluding hydrogens is 246 g/mol. The van der Waals surface area contributed by atoms with Gasteiger partial charge in [-0.3, -0.25) is 9.78 Å². The third-order valence-electron chi connectivity index (χ3n) is 2.43. The second-order valence-electron chi connectivity index (χ2n) is 3.62. The van der Waals surface area contributed by atoms with E-state index in [9.17, 15) is 4.79 Å².